The van der Waals surface area contributed by atoms with Crippen LogP contribution >= 0.6 is 0 Å². The summed E-state index contributed by atoms with van der Waals surface area (Å²) in [6.07, 6.45) is 0. The van der Waals surface area contributed by atoms with Crippen molar-refractivity contribution in [3.63, 3.8) is 0 Å². The highest BCUT2D eigenvalue weighted by molar-refractivity contribution is 5.40. The Morgan fingerprint density at radius 2 is 1.62 bits per heavy atom. The van der Waals surface area contributed by atoms with Crippen molar-refractivity contribution < 1.29 is 9.47 Å². The maximum atomic E-state index is 5.40. The lowest BCUT2D eigenvalue weighted by molar-refractivity contribution is 0.0506. The van der Waals surface area contributed by atoms with Crippen molar-refractivity contribution in [2.24, 2.45) is 0 Å². The summed E-state index contributed by atoms with van der Waals surface area (Å²) in [5.41, 5.74) is 3.69. The first-order valence-electron chi connectivity index (χ1n) is 4.34. The van der Waals surface area contributed by atoms with E-state index in [0.29, 0.717) is 6.79 Å². The summed E-state index contributed by atoms with van der Waals surface area (Å²) >= 11 is 0. The minimum absolute atomic E-state index is 0.309. The molecule has 0 atom stereocenters. The molecule has 0 saturated heterocycles. The van der Waals surface area contributed by atoms with Crippen LogP contribution in [0.2, 0.25) is 0 Å². The van der Waals surface area contributed by atoms with E-state index in [1.165, 1.54) is 11.1 Å². The molecule has 0 spiro atoms. The highest BCUT2D eigenvalue weighted by Crippen LogP contribution is 2.22. The summed E-state index contributed by atoms with van der Waals surface area (Å²) in [5, 5.41) is 0. The smallest absolute Gasteiger partial charge is 0.188 e. The van der Waals surface area contributed by atoms with Crippen LogP contribution in [0.25, 0.3) is 0 Å². The van der Waals surface area contributed by atoms with Gasteiger partial charge in [0.05, 0.1) is 0 Å². The van der Waals surface area contributed by atoms with Gasteiger partial charge in [-0.2, -0.15) is 0 Å². The molecule has 0 aliphatic rings. The minimum atomic E-state index is 0.309. The molecule has 1 aromatic carbocycles. The van der Waals surface area contributed by atoms with Crippen molar-refractivity contribution in [2.45, 2.75) is 20.8 Å². The van der Waals surface area contributed by atoms with Crippen LogP contribution in [0.4, 0.5) is 0 Å². The highest BCUT2D eigenvalue weighted by Gasteiger charge is 2.01. The van der Waals surface area contributed by atoms with E-state index in [1.54, 1.807) is 7.11 Å². The van der Waals surface area contributed by atoms with Crippen LogP contribution in [-0.2, 0) is 4.74 Å². The fourth-order valence-corrected chi connectivity index (χ4v) is 1.21. The van der Waals surface area contributed by atoms with Gasteiger partial charge in [0.1, 0.15) is 5.75 Å². The minimum Gasteiger partial charge on any atom is -0.467 e. The SMILES string of the molecule is COCOc1cc(C)c(C)cc1C. The number of rotatable bonds is 3. The van der Waals surface area contributed by atoms with Gasteiger partial charge in [-0.3, -0.25) is 0 Å². The molecule has 0 N–H and O–H groups in total. The predicted molar refractivity (Wildman–Crippen MR) is 53.2 cm³/mol. The summed E-state index contributed by atoms with van der Waals surface area (Å²) in [4.78, 5) is 0. The zero-order valence-electron chi connectivity index (χ0n) is 8.68. The zero-order valence-corrected chi connectivity index (χ0v) is 8.68. The van der Waals surface area contributed by atoms with Crippen LogP contribution < -0.4 is 4.74 Å². The van der Waals surface area contributed by atoms with Gasteiger partial charge in [0.25, 0.3) is 0 Å². The summed E-state index contributed by atoms with van der Waals surface area (Å²) in [7, 11) is 1.62. The summed E-state index contributed by atoms with van der Waals surface area (Å²) in [5.74, 6) is 0.907. The van der Waals surface area contributed by atoms with Crippen molar-refractivity contribution >= 4 is 0 Å². The third kappa shape index (κ3) is 2.46. The van der Waals surface area contributed by atoms with Gasteiger partial charge in [-0.05, 0) is 43.5 Å². The lowest BCUT2D eigenvalue weighted by atomic mass is 10.1. The van der Waals surface area contributed by atoms with Gasteiger partial charge in [0, 0.05) is 7.11 Å². The Morgan fingerprint density at radius 1 is 1.00 bits per heavy atom. The van der Waals surface area contributed by atoms with E-state index in [0.717, 1.165) is 11.3 Å². The largest absolute Gasteiger partial charge is 0.467 e. The van der Waals surface area contributed by atoms with Gasteiger partial charge >= 0.3 is 0 Å². The Balaban J connectivity index is 2.88. The van der Waals surface area contributed by atoms with Crippen LogP contribution in [0.15, 0.2) is 12.1 Å². The molecule has 0 radical (unpaired) electrons. The van der Waals surface area contributed by atoms with Gasteiger partial charge < -0.3 is 9.47 Å². The molecule has 0 bridgehead atoms. The summed E-state index contributed by atoms with van der Waals surface area (Å²) in [6.45, 7) is 6.53. The van der Waals surface area contributed by atoms with Crippen molar-refractivity contribution in [1.82, 2.24) is 0 Å². The molecule has 0 heterocycles. The molecule has 0 fully saturated rings. The number of benzene rings is 1. The van der Waals surface area contributed by atoms with E-state index in [1.807, 2.05) is 13.0 Å². The van der Waals surface area contributed by atoms with Crippen molar-refractivity contribution in [3.05, 3.63) is 28.8 Å². The number of aryl methyl sites for hydroxylation is 3. The Labute approximate surface area is 79.5 Å². The monoisotopic (exact) mass is 180 g/mol. The Bertz CT molecular complexity index is 292. The summed E-state index contributed by atoms with van der Waals surface area (Å²) < 4.78 is 10.2. The van der Waals surface area contributed by atoms with E-state index in [2.05, 4.69) is 19.9 Å². The Morgan fingerprint density at radius 3 is 2.23 bits per heavy atom. The molecule has 0 amide bonds. The lowest BCUT2D eigenvalue weighted by Crippen LogP contribution is -2.01. The molecule has 72 valence electrons. The maximum absolute atomic E-state index is 5.40. The molecular weight excluding hydrogens is 164 g/mol. The average molecular weight is 180 g/mol. The fraction of sp³-hybridized carbons (Fsp3) is 0.455. The molecule has 0 saturated carbocycles. The maximum Gasteiger partial charge on any atom is 0.188 e. The zero-order chi connectivity index (χ0) is 9.84. The molecule has 0 aromatic heterocycles. The van der Waals surface area contributed by atoms with E-state index in [-0.39, 0.29) is 0 Å². The second-order valence-corrected chi connectivity index (χ2v) is 3.25. The van der Waals surface area contributed by atoms with E-state index in [4.69, 9.17) is 9.47 Å². The molecule has 0 aliphatic heterocycles. The molecule has 2 heteroatoms. The van der Waals surface area contributed by atoms with Crippen molar-refractivity contribution in [3.8, 4) is 5.75 Å². The summed E-state index contributed by atoms with van der Waals surface area (Å²) in [6, 6.07) is 4.17. The quantitative estimate of drug-likeness (QED) is 0.666. The molecule has 1 rings (SSSR count). The third-order valence-corrected chi connectivity index (χ3v) is 2.12. The standard InChI is InChI=1S/C11H16O2/c1-8-5-10(3)11(6-9(8)2)13-7-12-4/h5-6H,7H2,1-4H3. The van der Waals surface area contributed by atoms with Gasteiger partial charge in [0.2, 0.25) is 0 Å². The second kappa shape index (κ2) is 4.28. The predicted octanol–water partition coefficient (Wildman–Crippen LogP) is 2.59. The van der Waals surface area contributed by atoms with Gasteiger partial charge in [-0.1, -0.05) is 6.07 Å². The number of ether oxygens (including phenoxy) is 2. The average Bonchev–Trinajstić information content (AvgIpc) is 2.09. The number of methoxy groups -OCH3 is 1. The topological polar surface area (TPSA) is 18.5 Å². The van der Waals surface area contributed by atoms with Crippen LogP contribution in [0.5, 0.6) is 5.75 Å². The van der Waals surface area contributed by atoms with E-state index in [9.17, 15) is 0 Å². The molecule has 0 unspecified atom stereocenters. The van der Waals surface area contributed by atoms with Crippen LogP contribution in [0.3, 0.4) is 0 Å². The molecule has 13 heavy (non-hydrogen) atoms. The fourth-order valence-electron chi connectivity index (χ4n) is 1.21. The van der Waals surface area contributed by atoms with E-state index >= 15 is 0 Å². The third-order valence-electron chi connectivity index (χ3n) is 2.12. The highest BCUT2D eigenvalue weighted by atomic mass is 16.7. The Hall–Kier alpha value is -1.02. The first-order valence-corrected chi connectivity index (χ1v) is 4.34. The van der Waals surface area contributed by atoms with Crippen LogP contribution in [0.1, 0.15) is 16.7 Å². The number of hydrogen-bond donors (Lipinski definition) is 0. The molecule has 0 aliphatic carbocycles. The van der Waals surface area contributed by atoms with Gasteiger partial charge in [-0.25, -0.2) is 0 Å². The Kier molecular flexibility index (Phi) is 3.32. The lowest BCUT2D eigenvalue weighted by Gasteiger charge is -2.10. The number of hydrogen-bond acceptors (Lipinski definition) is 2. The normalized spacial score (nSPS) is 10.2. The van der Waals surface area contributed by atoms with Crippen molar-refractivity contribution in [2.75, 3.05) is 13.9 Å². The van der Waals surface area contributed by atoms with Crippen LogP contribution in [-0.4, -0.2) is 13.9 Å². The van der Waals surface area contributed by atoms with Crippen LogP contribution in [0, 0.1) is 20.8 Å². The molecule has 2 nitrogen and oxygen atoms in total. The first-order chi connectivity index (χ1) is 6.15. The second-order valence-electron chi connectivity index (χ2n) is 3.25. The first kappa shape index (κ1) is 10.1. The molecular formula is C11H16O2. The van der Waals surface area contributed by atoms with Gasteiger partial charge in [-0.15, -0.1) is 0 Å². The van der Waals surface area contributed by atoms with E-state index < -0.39 is 0 Å². The van der Waals surface area contributed by atoms with Crippen molar-refractivity contribution in [1.29, 1.82) is 0 Å². The molecule has 1 aromatic rings. The van der Waals surface area contributed by atoms with Gasteiger partial charge in [0.15, 0.2) is 6.79 Å².